The third-order valence-electron chi connectivity index (χ3n) is 4.89. The van der Waals surface area contributed by atoms with E-state index in [0.29, 0.717) is 18.0 Å². The smallest absolute Gasteiger partial charge is 0.161 e. The Kier molecular flexibility index (Phi) is 5.03. The molecule has 2 aromatic carbocycles. The summed E-state index contributed by atoms with van der Waals surface area (Å²) < 4.78 is 21.7. The summed E-state index contributed by atoms with van der Waals surface area (Å²) in [5.41, 5.74) is 2.91. The Bertz CT molecular complexity index is 991. The fourth-order valence-corrected chi connectivity index (χ4v) is 3.45. The fraction of sp³-hybridized carbons (Fsp3) is 0.227. The molecule has 0 aromatic heterocycles. The van der Waals surface area contributed by atoms with Crippen LogP contribution in [0.3, 0.4) is 0 Å². The molecule has 0 aliphatic carbocycles. The number of allylic oxidation sites excluding steroid dienone is 1. The molecule has 7 nitrogen and oxygen atoms in total. The number of ether oxygens (including phenoxy) is 4. The first-order chi connectivity index (χ1) is 14.2. The van der Waals surface area contributed by atoms with E-state index in [9.17, 15) is 0 Å². The molecular formula is C22H23N3O4. The Balaban J connectivity index is 1.75. The van der Waals surface area contributed by atoms with Gasteiger partial charge < -0.3 is 18.9 Å². The van der Waals surface area contributed by atoms with Gasteiger partial charge in [0.05, 0.1) is 46.4 Å². The summed E-state index contributed by atoms with van der Waals surface area (Å²) in [7, 11) is 6.55. The summed E-state index contributed by atoms with van der Waals surface area (Å²) in [5, 5.41) is 4.20. The van der Waals surface area contributed by atoms with Gasteiger partial charge in [-0.05, 0) is 30.4 Å². The second-order valence-electron chi connectivity index (χ2n) is 6.43. The molecule has 0 atom stereocenters. The van der Waals surface area contributed by atoms with Crippen LogP contribution >= 0.6 is 0 Å². The number of rotatable bonds is 6. The zero-order valence-electron chi connectivity index (χ0n) is 16.9. The van der Waals surface area contributed by atoms with Crippen molar-refractivity contribution in [2.45, 2.75) is 0 Å². The van der Waals surface area contributed by atoms with E-state index in [4.69, 9.17) is 18.9 Å². The predicted molar refractivity (Wildman–Crippen MR) is 113 cm³/mol. The molecule has 0 spiro atoms. The Morgan fingerprint density at radius 2 is 1.55 bits per heavy atom. The molecule has 0 bridgehead atoms. The lowest BCUT2D eigenvalue weighted by Crippen LogP contribution is -2.37. The maximum Gasteiger partial charge on any atom is 0.161 e. The number of hydrogen-bond acceptors (Lipinski definition) is 7. The van der Waals surface area contributed by atoms with Crippen LogP contribution in [0.5, 0.6) is 23.0 Å². The normalized spacial score (nSPS) is 14.9. The van der Waals surface area contributed by atoms with Crippen molar-refractivity contribution in [3.8, 4) is 23.0 Å². The van der Waals surface area contributed by atoms with E-state index in [1.165, 1.54) is 0 Å². The average Bonchev–Trinajstić information content (AvgIpc) is 3.22. The summed E-state index contributed by atoms with van der Waals surface area (Å²) in [5.74, 6) is 3.68. The van der Waals surface area contributed by atoms with E-state index in [2.05, 4.69) is 21.1 Å². The first-order valence-corrected chi connectivity index (χ1v) is 9.16. The third kappa shape index (κ3) is 3.35. The quantitative estimate of drug-likeness (QED) is 0.746. The molecular weight excluding hydrogens is 370 g/mol. The Labute approximate surface area is 170 Å². The molecule has 0 unspecified atom stereocenters. The zero-order chi connectivity index (χ0) is 20.4. The minimum atomic E-state index is 0.674. The van der Waals surface area contributed by atoms with Crippen molar-refractivity contribution in [1.82, 2.24) is 5.01 Å². The van der Waals surface area contributed by atoms with Crippen LogP contribution < -0.4 is 24.0 Å². The highest BCUT2D eigenvalue weighted by molar-refractivity contribution is 5.88. The summed E-state index contributed by atoms with van der Waals surface area (Å²) in [4.78, 5) is 4.53. The molecule has 0 radical (unpaired) electrons. The molecule has 2 aliphatic rings. The second-order valence-corrected chi connectivity index (χ2v) is 6.43. The van der Waals surface area contributed by atoms with Gasteiger partial charge in [-0.15, -0.1) is 0 Å². The highest BCUT2D eigenvalue weighted by Crippen LogP contribution is 2.39. The van der Waals surface area contributed by atoms with Gasteiger partial charge in [0.2, 0.25) is 0 Å². The minimum Gasteiger partial charge on any atom is -0.497 e. The maximum atomic E-state index is 5.49. The lowest BCUT2D eigenvalue weighted by atomic mass is 10.1. The summed E-state index contributed by atoms with van der Waals surface area (Å²) in [6, 6.07) is 11.7. The number of aliphatic imine (C=N–C) groups is 1. The van der Waals surface area contributed by atoms with Crippen LogP contribution in [0.25, 0.3) is 5.70 Å². The lowest BCUT2D eigenvalue weighted by Gasteiger charge is -2.36. The highest BCUT2D eigenvalue weighted by Gasteiger charge is 2.30. The van der Waals surface area contributed by atoms with Crippen LogP contribution in [0.4, 0.5) is 5.69 Å². The molecule has 0 N–H and O–H groups in total. The molecule has 0 saturated carbocycles. The first-order valence-electron chi connectivity index (χ1n) is 9.16. The number of hydrogen-bond donors (Lipinski definition) is 0. The van der Waals surface area contributed by atoms with E-state index in [1.807, 2.05) is 48.7 Å². The van der Waals surface area contributed by atoms with Crippen LogP contribution in [0.1, 0.15) is 5.56 Å². The molecule has 0 saturated heterocycles. The highest BCUT2D eigenvalue weighted by atomic mass is 16.5. The average molecular weight is 393 g/mol. The minimum absolute atomic E-state index is 0.674. The molecule has 0 fully saturated rings. The van der Waals surface area contributed by atoms with Crippen LogP contribution in [0.2, 0.25) is 0 Å². The zero-order valence-corrected chi connectivity index (χ0v) is 16.9. The lowest BCUT2D eigenvalue weighted by molar-refractivity contribution is 0.354. The van der Waals surface area contributed by atoms with Crippen molar-refractivity contribution in [3.63, 3.8) is 0 Å². The SMILES string of the molecule is COc1cc(OC)cc(N2CC=C3N=CC=C(c4ccc(OC)c(OC)c4)N32)c1. The van der Waals surface area contributed by atoms with Gasteiger partial charge in [0.15, 0.2) is 11.5 Å². The number of benzene rings is 2. The van der Waals surface area contributed by atoms with E-state index < -0.39 is 0 Å². The third-order valence-corrected chi connectivity index (χ3v) is 4.89. The van der Waals surface area contributed by atoms with Crippen LogP contribution in [0.15, 0.2) is 59.4 Å². The molecule has 29 heavy (non-hydrogen) atoms. The van der Waals surface area contributed by atoms with Crippen LogP contribution in [0, 0.1) is 0 Å². The van der Waals surface area contributed by atoms with Gasteiger partial charge in [-0.25, -0.2) is 10.0 Å². The van der Waals surface area contributed by atoms with E-state index in [-0.39, 0.29) is 0 Å². The Hall–Kier alpha value is -3.61. The molecule has 150 valence electrons. The molecule has 2 heterocycles. The van der Waals surface area contributed by atoms with Crippen LogP contribution in [-0.2, 0) is 0 Å². The molecule has 2 aliphatic heterocycles. The number of nitrogens with zero attached hydrogens (tertiary/aromatic N) is 3. The summed E-state index contributed by atoms with van der Waals surface area (Å²) in [6.07, 6.45) is 5.87. The van der Waals surface area contributed by atoms with Gasteiger partial charge in [0, 0.05) is 30.0 Å². The summed E-state index contributed by atoms with van der Waals surface area (Å²) in [6.45, 7) is 0.674. The Morgan fingerprint density at radius 1 is 0.828 bits per heavy atom. The van der Waals surface area contributed by atoms with Gasteiger partial charge in [0.25, 0.3) is 0 Å². The maximum absolute atomic E-state index is 5.49. The largest absolute Gasteiger partial charge is 0.497 e. The molecule has 7 heteroatoms. The van der Waals surface area contributed by atoms with Crippen LogP contribution in [-0.4, -0.2) is 46.2 Å². The van der Waals surface area contributed by atoms with E-state index in [1.54, 1.807) is 28.4 Å². The van der Waals surface area contributed by atoms with Crippen molar-refractivity contribution >= 4 is 17.6 Å². The second kappa shape index (κ2) is 7.79. The fourth-order valence-electron chi connectivity index (χ4n) is 3.45. The number of fused-ring (bicyclic) bond motifs is 1. The monoisotopic (exact) mass is 393 g/mol. The van der Waals surface area contributed by atoms with Gasteiger partial charge >= 0.3 is 0 Å². The van der Waals surface area contributed by atoms with Gasteiger partial charge in [0.1, 0.15) is 17.3 Å². The molecule has 0 amide bonds. The van der Waals surface area contributed by atoms with Crippen molar-refractivity contribution in [3.05, 3.63) is 59.9 Å². The first kappa shape index (κ1) is 18.7. The topological polar surface area (TPSA) is 55.8 Å². The number of methoxy groups -OCH3 is 4. The standard InChI is InChI=1S/C22H23N3O4/c1-26-17-12-16(13-18(14-17)27-2)24-10-8-22-23-9-7-19(25(22)24)15-5-6-20(28-3)21(11-15)29-4/h5-9,11-14H,10H2,1-4H3. The van der Waals surface area contributed by atoms with Crippen molar-refractivity contribution in [2.75, 3.05) is 40.0 Å². The predicted octanol–water partition coefficient (Wildman–Crippen LogP) is 3.72. The van der Waals surface area contributed by atoms with Crippen molar-refractivity contribution < 1.29 is 18.9 Å². The van der Waals surface area contributed by atoms with E-state index in [0.717, 1.165) is 34.3 Å². The number of anilines is 1. The van der Waals surface area contributed by atoms with Gasteiger partial charge in [-0.2, -0.15) is 0 Å². The Morgan fingerprint density at radius 3 is 2.21 bits per heavy atom. The van der Waals surface area contributed by atoms with Gasteiger partial charge in [-0.1, -0.05) is 0 Å². The summed E-state index contributed by atoms with van der Waals surface area (Å²) >= 11 is 0. The van der Waals surface area contributed by atoms with Gasteiger partial charge in [-0.3, -0.25) is 5.01 Å². The number of hydrazine groups is 1. The van der Waals surface area contributed by atoms with Crippen molar-refractivity contribution in [2.24, 2.45) is 4.99 Å². The molecule has 4 rings (SSSR count). The molecule has 2 aromatic rings. The van der Waals surface area contributed by atoms with Crippen molar-refractivity contribution in [1.29, 1.82) is 0 Å². The van der Waals surface area contributed by atoms with E-state index >= 15 is 0 Å².